The Hall–Kier alpha value is -3.68. The van der Waals surface area contributed by atoms with Gasteiger partial charge in [-0.15, -0.1) is 0 Å². The fourth-order valence-corrected chi connectivity index (χ4v) is 3.63. The van der Waals surface area contributed by atoms with Gasteiger partial charge in [-0.05, 0) is 43.2 Å². The van der Waals surface area contributed by atoms with Crippen LogP contribution in [0.25, 0.3) is 10.9 Å². The largest absolute Gasteiger partial charge is 0.383 e. The molecule has 8 nitrogen and oxygen atoms in total. The molecule has 1 aliphatic rings. The topological polar surface area (TPSA) is 100 Å². The van der Waals surface area contributed by atoms with Crippen molar-refractivity contribution in [3.8, 4) is 0 Å². The molecule has 154 valence electrons. The second kappa shape index (κ2) is 8.77. The molecule has 0 unspecified atom stereocenters. The van der Waals surface area contributed by atoms with Crippen molar-refractivity contribution in [1.82, 2.24) is 9.88 Å². The van der Waals surface area contributed by atoms with Crippen LogP contribution in [0.4, 0.5) is 17.2 Å². The van der Waals surface area contributed by atoms with Gasteiger partial charge in [0.2, 0.25) is 0 Å². The number of pyridine rings is 1. The summed E-state index contributed by atoms with van der Waals surface area (Å²) in [4.78, 5) is 29.8. The van der Waals surface area contributed by atoms with Crippen molar-refractivity contribution >= 4 is 34.0 Å². The number of likely N-dealkylation sites (tertiary alicyclic amines) is 1. The predicted octanol–water partition coefficient (Wildman–Crippen LogP) is 3.90. The van der Waals surface area contributed by atoms with Crippen LogP contribution in [0.2, 0.25) is 0 Å². The molecule has 0 radical (unpaired) electrons. The summed E-state index contributed by atoms with van der Waals surface area (Å²) in [5.74, 6) is 0.505. The summed E-state index contributed by atoms with van der Waals surface area (Å²) >= 11 is 0. The molecule has 2 aromatic carbocycles. The summed E-state index contributed by atoms with van der Waals surface area (Å²) in [6.45, 7) is 2.48. The number of para-hydroxylation sites is 1. The van der Waals surface area contributed by atoms with E-state index in [1.165, 1.54) is 6.07 Å². The van der Waals surface area contributed by atoms with E-state index in [9.17, 15) is 14.9 Å². The smallest absolute Gasteiger partial charge is 0.282 e. The van der Waals surface area contributed by atoms with E-state index in [1.807, 2.05) is 36.4 Å². The van der Waals surface area contributed by atoms with Crippen LogP contribution >= 0.6 is 0 Å². The lowest BCUT2D eigenvalue weighted by Gasteiger charge is -2.16. The maximum atomic E-state index is 12.7. The van der Waals surface area contributed by atoms with Crippen molar-refractivity contribution in [3.05, 3.63) is 70.3 Å². The second-order valence-electron chi connectivity index (χ2n) is 7.23. The zero-order chi connectivity index (χ0) is 20.9. The highest BCUT2D eigenvalue weighted by atomic mass is 16.6. The molecule has 4 rings (SSSR count). The van der Waals surface area contributed by atoms with Gasteiger partial charge in [0.05, 0.1) is 10.4 Å². The fourth-order valence-electron chi connectivity index (χ4n) is 3.63. The van der Waals surface area contributed by atoms with Crippen LogP contribution in [0.5, 0.6) is 0 Å². The monoisotopic (exact) mass is 405 g/mol. The molecule has 0 atom stereocenters. The van der Waals surface area contributed by atoms with Crippen LogP contribution in [0.15, 0.2) is 54.6 Å². The van der Waals surface area contributed by atoms with E-state index >= 15 is 0 Å². The first-order chi connectivity index (χ1) is 14.6. The molecular formula is C22H23N5O3. The quantitative estimate of drug-likeness (QED) is 0.351. The van der Waals surface area contributed by atoms with Gasteiger partial charge >= 0.3 is 0 Å². The number of benzene rings is 2. The van der Waals surface area contributed by atoms with E-state index in [1.54, 1.807) is 17.0 Å². The zero-order valence-corrected chi connectivity index (χ0v) is 16.5. The summed E-state index contributed by atoms with van der Waals surface area (Å²) in [7, 11) is 0. The highest BCUT2D eigenvalue weighted by Gasteiger charge is 2.26. The zero-order valence-electron chi connectivity index (χ0n) is 16.5. The molecule has 3 aromatic rings. The average molecular weight is 405 g/mol. The highest BCUT2D eigenvalue weighted by Crippen LogP contribution is 2.25. The van der Waals surface area contributed by atoms with Gasteiger partial charge in [-0.1, -0.05) is 18.2 Å². The number of fused-ring (bicyclic) bond motifs is 1. The summed E-state index contributed by atoms with van der Waals surface area (Å²) in [6.07, 6.45) is 1.87. The first-order valence-electron chi connectivity index (χ1n) is 10.0. The molecule has 2 heterocycles. The van der Waals surface area contributed by atoms with Crippen LogP contribution in [-0.2, 0) is 0 Å². The first-order valence-corrected chi connectivity index (χ1v) is 10.0. The Morgan fingerprint density at radius 1 is 1.03 bits per heavy atom. The number of hydrogen-bond donors (Lipinski definition) is 2. The number of amides is 1. The lowest BCUT2D eigenvalue weighted by molar-refractivity contribution is -0.385. The molecule has 0 saturated carbocycles. The lowest BCUT2D eigenvalue weighted by Crippen LogP contribution is -2.28. The second-order valence-corrected chi connectivity index (χ2v) is 7.23. The van der Waals surface area contributed by atoms with E-state index in [4.69, 9.17) is 0 Å². The van der Waals surface area contributed by atoms with Crippen molar-refractivity contribution < 1.29 is 9.72 Å². The highest BCUT2D eigenvalue weighted by molar-refractivity contribution is 5.99. The molecule has 1 aromatic heterocycles. The number of anilines is 2. The molecule has 1 fully saturated rings. The number of aromatic nitrogens is 1. The van der Waals surface area contributed by atoms with Gasteiger partial charge in [0, 0.05) is 43.3 Å². The Labute approximate surface area is 174 Å². The summed E-state index contributed by atoms with van der Waals surface area (Å²) in [5, 5.41) is 18.9. The molecule has 0 spiro atoms. The van der Waals surface area contributed by atoms with Gasteiger partial charge in [-0.25, -0.2) is 4.98 Å². The van der Waals surface area contributed by atoms with Gasteiger partial charge in [-0.3, -0.25) is 14.9 Å². The Kier molecular flexibility index (Phi) is 5.74. The molecule has 8 heteroatoms. The van der Waals surface area contributed by atoms with Crippen LogP contribution in [0.3, 0.4) is 0 Å². The summed E-state index contributed by atoms with van der Waals surface area (Å²) in [5.41, 5.74) is 1.58. The first kappa shape index (κ1) is 19.6. The molecule has 0 bridgehead atoms. The normalized spacial score (nSPS) is 13.4. The van der Waals surface area contributed by atoms with Crippen molar-refractivity contribution in [2.45, 2.75) is 12.8 Å². The number of rotatable bonds is 7. The third kappa shape index (κ3) is 4.32. The maximum absolute atomic E-state index is 12.7. The van der Waals surface area contributed by atoms with Gasteiger partial charge in [0.15, 0.2) is 0 Å². The third-order valence-corrected chi connectivity index (χ3v) is 5.18. The minimum Gasteiger partial charge on any atom is -0.383 e. The summed E-state index contributed by atoms with van der Waals surface area (Å²) < 4.78 is 0. The van der Waals surface area contributed by atoms with Crippen LogP contribution in [-0.4, -0.2) is 46.9 Å². The standard InChI is InChI=1S/C22H23N5O3/c28-22(26-13-3-4-14-26)18-15-17(8-9-20(18)27(29)30)23-11-12-24-21-10-7-16-5-1-2-6-19(16)25-21/h1-2,5-10,15,23H,3-4,11-14H2,(H,24,25). The van der Waals surface area contributed by atoms with Crippen molar-refractivity contribution in [3.63, 3.8) is 0 Å². The van der Waals surface area contributed by atoms with E-state index < -0.39 is 4.92 Å². The van der Waals surface area contributed by atoms with Gasteiger partial charge in [0.25, 0.3) is 11.6 Å². The number of nitro benzene ring substituents is 1. The molecule has 2 N–H and O–H groups in total. The molecule has 1 aliphatic heterocycles. The molecule has 1 saturated heterocycles. The van der Waals surface area contributed by atoms with Crippen molar-refractivity contribution in [2.24, 2.45) is 0 Å². The number of nitrogens with one attached hydrogen (secondary N) is 2. The molecule has 0 aliphatic carbocycles. The minimum absolute atomic E-state index is 0.135. The lowest BCUT2D eigenvalue weighted by atomic mass is 10.1. The third-order valence-electron chi connectivity index (χ3n) is 5.18. The van der Waals surface area contributed by atoms with E-state index in [-0.39, 0.29) is 17.2 Å². The molecule has 1 amide bonds. The molecular weight excluding hydrogens is 382 g/mol. The van der Waals surface area contributed by atoms with Crippen molar-refractivity contribution in [1.29, 1.82) is 0 Å². The molecule has 30 heavy (non-hydrogen) atoms. The van der Waals surface area contributed by atoms with Crippen molar-refractivity contribution in [2.75, 3.05) is 36.8 Å². The Bertz CT molecular complexity index is 1080. The van der Waals surface area contributed by atoms with Crippen LogP contribution in [0.1, 0.15) is 23.2 Å². The Morgan fingerprint density at radius 3 is 2.60 bits per heavy atom. The number of carbonyl (C=O) groups excluding carboxylic acids is 1. The summed E-state index contributed by atoms with van der Waals surface area (Å²) in [6, 6.07) is 16.5. The van der Waals surface area contributed by atoms with Crippen LogP contribution < -0.4 is 10.6 Å². The SMILES string of the molecule is O=C(c1cc(NCCNc2ccc3ccccc3n2)ccc1[N+](=O)[O-])N1CCCC1. The van der Waals surface area contributed by atoms with E-state index in [0.29, 0.717) is 31.9 Å². The maximum Gasteiger partial charge on any atom is 0.282 e. The van der Waals surface area contributed by atoms with E-state index in [0.717, 1.165) is 29.6 Å². The fraction of sp³-hybridized carbons (Fsp3) is 0.273. The Morgan fingerprint density at radius 2 is 1.80 bits per heavy atom. The minimum atomic E-state index is -0.500. The number of hydrogen-bond acceptors (Lipinski definition) is 6. The number of nitro groups is 1. The average Bonchev–Trinajstić information content (AvgIpc) is 3.31. The predicted molar refractivity (Wildman–Crippen MR) is 117 cm³/mol. The Balaban J connectivity index is 1.39. The van der Waals surface area contributed by atoms with Gasteiger partial charge in [0.1, 0.15) is 11.4 Å². The van der Waals surface area contributed by atoms with E-state index in [2.05, 4.69) is 15.6 Å². The van der Waals surface area contributed by atoms with Gasteiger partial charge in [-0.2, -0.15) is 0 Å². The van der Waals surface area contributed by atoms with Crippen LogP contribution in [0, 0.1) is 10.1 Å². The number of carbonyl (C=O) groups is 1. The number of nitrogens with zero attached hydrogens (tertiary/aromatic N) is 3. The van der Waals surface area contributed by atoms with Gasteiger partial charge < -0.3 is 15.5 Å².